The Hall–Kier alpha value is -2.66. The molecule has 0 spiro atoms. The lowest BCUT2D eigenvalue weighted by molar-refractivity contribution is 0.0742. The largest absolute Gasteiger partial charge is 0.355 e. The fourth-order valence-corrected chi connectivity index (χ4v) is 2.46. The van der Waals surface area contributed by atoms with Gasteiger partial charge >= 0.3 is 0 Å². The molecule has 0 aromatic heterocycles. The van der Waals surface area contributed by atoms with Crippen LogP contribution in [0.15, 0.2) is 54.6 Å². The average molecular weight is 325 g/mol. The summed E-state index contributed by atoms with van der Waals surface area (Å²) in [5.74, 6) is -0.306. The molecule has 2 aromatic rings. The molecular weight excluding hydrogens is 302 g/mol. The summed E-state index contributed by atoms with van der Waals surface area (Å²) in [7, 11) is 1.57. The molecule has 0 radical (unpaired) electrons. The van der Waals surface area contributed by atoms with Gasteiger partial charge in [0, 0.05) is 31.3 Å². The van der Waals surface area contributed by atoms with Crippen molar-refractivity contribution in [3.05, 3.63) is 71.3 Å². The van der Waals surface area contributed by atoms with Crippen molar-refractivity contribution in [1.29, 1.82) is 0 Å². The highest BCUT2D eigenvalue weighted by molar-refractivity contribution is 5.99. The first-order chi connectivity index (χ1) is 11.7. The van der Waals surface area contributed by atoms with Gasteiger partial charge in [0.15, 0.2) is 0 Å². The van der Waals surface area contributed by atoms with Crippen molar-refractivity contribution >= 4 is 11.8 Å². The number of amides is 2. The van der Waals surface area contributed by atoms with Crippen LogP contribution in [0.25, 0.3) is 0 Å². The number of hydrogen-bond donors (Lipinski definition) is 2. The molecule has 0 atom stereocenters. The quantitative estimate of drug-likeness (QED) is 0.818. The molecular formula is C19H23N3O2. The summed E-state index contributed by atoms with van der Waals surface area (Å²) in [6.45, 7) is 1.62. The number of benzene rings is 2. The van der Waals surface area contributed by atoms with E-state index in [1.54, 1.807) is 36.2 Å². The summed E-state index contributed by atoms with van der Waals surface area (Å²) >= 11 is 0. The second kappa shape index (κ2) is 8.84. The summed E-state index contributed by atoms with van der Waals surface area (Å²) in [6, 6.07) is 16.6. The van der Waals surface area contributed by atoms with E-state index in [4.69, 9.17) is 5.73 Å². The van der Waals surface area contributed by atoms with Crippen LogP contribution >= 0.6 is 0 Å². The van der Waals surface area contributed by atoms with Crippen molar-refractivity contribution in [1.82, 2.24) is 10.2 Å². The Kier molecular flexibility index (Phi) is 6.51. The van der Waals surface area contributed by atoms with E-state index in [2.05, 4.69) is 5.32 Å². The molecule has 0 saturated heterocycles. The molecule has 3 N–H and O–H groups in total. The van der Waals surface area contributed by atoms with Gasteiger partial charge in [-0.25, -0.2) is 0 Å². The van der Waals surface area contributed by atoms with Gasteiger partial charge in [-0.1, -0.05) is 36.4 Å². The predicted molar refractivity (Wildman–Crippen MR) is 94.7 cm³/mol. The lowest BCUT2D eigenvalue weighted by atomic mass is 10.1. The van der Waals surface area contributed by atoms with Crippen molar-refractivity contribution in [2.75, 3.05) is 20.1 Å². The van der Waals surface area contributed by atoms with Gasteiger partial charge in [0.05, 0.1) is 0 Å². The van der Waals surface area contributed by atoms with E-state index in [0.29, 0.717) is 30.8 Å². The van der Waals surface area contributed by atoms with E-state index in [1.807, 2.05) is 30.3 Å². The molecule has 2 rings (SSSR count). The Morgan fingerprint density at radius 2 is 1.75 bits per heavy atom. The van der Waals surface area contributed by atoms with E-state index < -0.39 is 0 Å². The third-order valence-corrected chi connectivity index (χ3v) is 3.73. The molecule has 24 heavy (non-hydrogen) atoms. The van der Waals surface area contributed by atoms with Gasteiger partial charge in [-0.2, -0.15) is 0 Å². The molecule has 0 bridgehead atoms. The highest BCUT2D eigenvalue weighted by atomic mass is 16.2. The zero-order valence-electron chi connectivity index (χ0n) is 13.9. The number of hydrogen-bond acceptors (Lipinski definition) is 3. The summed E-state index contributed by atoms with van der Waals surface area (Å²) in [4.78, 5) is 26.4. The molecule has 0 saturated carbocycles. The minimum atomic E-state index is -0.207. The minimum absolute atomic E-state index is 0.0990. The van der Waals surface area contributed by atoms with Crippen LogP contribution in [0.4, 0.5) is 0 Å². The maximum absolute atomic E-state index is 12.9. The smallest absolute Gasteiger partial charge is 0.254 e. The van der Waals surface area contributed by atoms with Crippen molar-refractivity contribution < 1.29 is 9.59 Å². The number of carbonyl (C=O) groups excluding carboxylic acids is 2. The number of nitrogens with one attached hydrogen (secondary N) is 1. The van der Waals surface area contributed by atoms with Crippen LogP contribution in [0.3, 0.4) is 0 Å². The molecule has 5 nitrogen and oxygen atoms in total. The first-order valence-corrected chi connectivity index (χ1v) is 8.01. The fourth-order valence-electron chi connectivity index (χ4n) is 2.46. The monoisotopic (exact) mass is 325 g/mol. The molecule has 0 unspecified atom stereocenters. The van der Waals surface area contributed by atoms with Crippen LogP contribution in [0.5, 0.6) is 0 Å². The van der Waals surface area contributed by atoms with Crippen LogP contribution in [-0.2, 0) is 6.54 Å². The van der Waals surface area contributed by atoms with Crippen molar-refractivity contribution in [2.45, 2.75) is 13.0 Å². The van der Waals surface area contributed by atoms with Crippen LogP contribution in [0.1, 0.15) is 32.7 Å². The Bertz CT molecular complexity index is 686. The Morgan fingerprint density at radius 3 is 2.42 bits per heavy atom. The van der Waals surface area contributed by atoms with Gasteiger partial charge in [0.1, 0.15) is 0 Å². The Balaban J connectivity index is 2.22. The Labute approximate surface area is 142 Å². The van der Waals surface area contributed by atoms with Gasteiger partial charge in [-0.15, -0.1) is 0 Å². The van der Waals surface area contributed by atoms with Crippen LogP contribution < -0.4 is 11.1 Å². The molecule has 2 aromatic carbocycles. The van der Waals surface area contributed by atoms with Crippen LogP contribution in [-0.4, -0.2) is 36.9 Å². The first kappa shape index (κ1) is 17.7. The molecule has 0 aliphatic carbocycles. The summed E-state index contributed by atoms with van der Waals surface area (Å²) < 4.78 is 0. The minimum Gasteiger partial charge on any atom is -0.355 e. The molecule has 0 aliphatic rings. The topological polar surface area (TPSA) is 75.4 Å². The predicted octanol–water partition coefficient (Wildman–Crippen LogP) is 2.04. The van der Waals surface area contributed by atoms with Gasteiger partial charge in [0.25, 0.3) is 11.8 Å². The summed E-state index contributed by atoms with van der Waals surface area (Å²) in [5, 5.41) is 2.57. The number of nitrogens with zero attached hydrogens (tertiary/aromatic N) is 1. The third kappa shape index (κ3) is 4.67. The molecule has 5 heteroatoms. The lowest BCUT2D eigenvalue weighted by Gasteiger charge is -2.23. The maximum atomic E-state index is 12.9. The molecule has 0 heterocycles. The molecule has 0 fully saturated rings. The zero-order chi connectivity index (χ0) is 17.4. The SMILES string of the molecule is CNC(=O)c1cccc(C(=O)N(CCCN)Cc2ccccc2)c1. The first-order valence-electron chi connectivity index (χ1n) is 8.01. The van der Waals surface area contributed by atoms with Crippen LogP contribution in [0, 0.1) is 0 Å². The van der Waals surface area contributed by atoms with Crippen molar-refractivity contribution in [3.63, 3.8) is 0 Å². The average Bonchev–Trinajstić information content (AvgIpc) is 2.64. The zero-order valence-corrected chi connectivity index (χ0v) is 13.9. The highest BCUT2D eigenvalue weighted by Gasteiger charge is 2.17. The maximum Gasteiger partial charge on any atom is 0.254 e. The standard InChI is InChI=1S/C19H23N3O2/c1-21-18(23)16-9-5-10-17(13-16)19(24)22(12-6-11-20)14-15-7-3-2-4-8-15/h2-5,7-10,13H,6,11-12,14,20H2,1H3,(H,21,23). The lowest BCUT2D eigenvalue weighted by Crippen LogP contribution is -2.32. The number of carbonyl (C=O) groups is 2. The number of rotatable bonds is 7. The van der Waals surface area contributed by atoms with E-state index in [9.17, 15) is 9.59 Å². The molecule has 126 valence electrons. The Morgan fingerprint density at radius 1 is 1.04 bits per heavy atom. The third-order valence-electron chi connectivity index (χ3n) is 3.73. The van der Waals surface area contributed by atoms with E-state index in [0.717, 1.165) is 12.0 Å². The second-order valence-electron chi connectivity index (χ2n) is 5.51. The summed E-state index contributed by atoms with van der Waals surface area (Å²) in [6.07, 6.45) is 0.730. The van der Waals surface area contributed by atoms with E-state index in [1.165, 1.54) is 0 Å². The van der Waals surface area contributed by atoms with Gasteiger partial charge in [-0.05, 0) is 36.7 Å². The molecule has 0 aliphatic heterocycles. The summed E-state index contributed by atoms with van der Waals surface area (Å²) in [5.41, 5.74) is 7.64. The van der Waals surface area contributed by atoms with Gasteiger partial charge in [0.2, 0.25) is 0 Å². The van der Waals surface area contributed by atoms with Crippen molar-refractivity contribution in [2.24, 2.45) is 5.73 Å². The van der Waals surface area contributed by atoms with Gasteiger partial charge in [-0.3, -0.25) is 9.59 Å². The number of nitrogens with two attached hydrogens (primary N) is 1. The van der Waals surface area contributed by atoms with Gasteiger partial charge < -0.3 is 16.0 Å². The van der Waals surface area contributed by atoms with Crippen LogP contribution in [0.2, 0.25) is 0 Å². The highest BCUT2D eigenvalue weighted by Crippen LogP contribution is 2.12. The van der Waals surface area contributed by atoms with E-state index in [-0.39, 0.29) is 11.8 Å². The van der Waals surface area contributed by atoms with Crippen molar-refractivity contribution in [3.8, 4) is 0 Å². The van der Waals surface area contributed by atoms with E-state index >= 15 is 0 Å². The fraction of sp³-hybridized carbons (Fsp3) is 0.263. The normalized spacial score (nSPS) is 10.2. The second-order valence-corrected chi connectivity index (χ2v) is 5.51. The molecule has 2 amide bonds.